The first-order chi connectivity index (χ1) is 15.0. The maximum atomic E-state index is 13.4. The number of benzene rings is 3. The molecule has 5 rings (SSSR count). The van der Waals surface area contributed by atoms with Gasteiger partial charge in [0.05, 0.1) is 16.5 Å². The highest BCUT2D eigenvalue weighted by molar-refractivity contribution is 6.30. The van der Waals surface area contributed by atoms with Crippen LogP contribution in [-0.4, -0.2) is 11.6 Å². The monoisotopic (exact) mass is 431 g/mol. The molecule has 0 radical (unpaired) electrons. The molecule has 0 saturated heterocycles. The van der Waals surface area contributed by atoms with E-state index in [1.54, 1.807) is 18.2 Å². The van der Waals surface area contributed by atoms with E-state index in [2.05, 4.69) is 36.1 Å². The summed E-state index contributed by atoms with van der Waals surface area (Å²) in [6.07, 6.45) is 0. The highest BCUT2D eigenvalue weighted by Crippen LogP contribution is 2.34. The fraction of sp³-hybridized carbons (Fsp3) is 0.192. The standard InChI is InChI=1S/C26H22ClNO3/c1-16-3-5-18(6-4-16)13-28-14-22-23(30-15-28)12-11-21-25(29)24(17(2)31-26(21)22)19-7-9-20(27)10-8-19/h3-12H,13-15H2,1-2H3. The Morgan fingerprint density at radius 1 is 0.968 bits per heavy atom. The van der Waals surface area contributed by atoms with Crippen molar-refractivity contribution < 1.29 is 9.15 Å². The third kappa shape index (κ3) is 3.73. The van der Waals surface area contributed by atoms with Crippen LogP contribution in [0.3, 0.4) is 0 Å². The minimum absolute atomic E-state index is 0.0421. The molecule has 1 aliphatic rings. The van der Waals surface area contributed by atoms with E-state index in [0.717, 1.165) is 23.4 Å². The third-order valence-corrected chi connectivity index (χ3v) is 5.99. The average Bonchev–Trinajstić information content (AvgIpc) is 2.76. The Hall–Kier alpha value is -3.08. The number of fused-ring (bicyclic) bond motifs is 3. The third-order valence-electron chi connectivity index (χ3n) is 5.74. The van der Waals surface area contributed by atoms with E-state index in [4.69, 9.17) is 20.8 Å². The molecule has 1 aliphatic heterocycles. The fourth-order valence-corrected chi connectivity index (χ4v) is 4.25. The highest BCUT2D eigenvalue weighted by Gasteiger charge is 2.24. The molecule has 0 unspecified atom stereocenters. The summed E-state index contributed by atoms with van der Waals surface area (Å²) in [5, 5.41) is 1.20. The van der Waals surface area contributed by atoms with Crippen LogP contribution in [0.25, 0.3) is 22.1 Å². The van der Waals surface area contributed by atoms with Gasteiger partial charge in [-0.1, -0.05) is 53.6 Å². The van der Waals surface area contributed by atoms with Gasteiger partial charge in [0.2, 0.25) is 5.43 Å². The first-order valence-electron chi connectivity index (χ1n) is 10.3. The van der Waals surface area contributed by atoms with Gasteiger partial charge in [-0.15, -0.1) is 0 Å². The molecule has 0 N–H and O–H groups in total. The van der Waals surface area contributed by atoms with Crippen LogP contribution in [0, 0.1) is 13.8 Å². The highest BCUT2D eigenvalue weighted by atomic mass is 35.5. The van der Waals surface area contributed by atoms with Crippen LogP contribution in [-0.2, 0) is 13.1 Å². The summed E-state index contributed by atoms with van der Waals surface area (Å²) >= 11 is 6.01. The van der Waals surface area contributed by atoms with Crippen LogP contribution >= 0.6 is 11.6 Å². The normalized spacial score (nSPS) is 13.8. The van der Waals surface area contributed by atoms with Crippen LogP contribution in [0.1, 0.15) is 22.5 Å². The molecule has 0 spiro atoms. The second kappa shape index (κ2) is 7.88. The summed E-state index contributed by atoms with van der Waals surface area (Å²) in [6, 6.07) is 19.4. The number of rotatable bonds is 3. The van der Waals surface area contributed by atoms with Crippen LogP contribution in [0.4, 0.5) is 0 Å². The Morgan fingerprint density at radius 3 is 2.45 bits per heavy atom. The van der Waals surface area contributed by atoms with Crippen molar-refractivity contribution in [1.82, 2.24) is 4.90 Å². The van der Waals surface area contributed by atoms with E-state index in [9.17, 15) is 4.79 Å². The summed E-state index contributed by atoms with van der Waals surface area (Å²) in [6.45, 7) is 5.83. The molecular weight excluding hydrogens is 410 g/mol. The van der Waals surface area contributed by atoms with E-state index >= 15 is 0 Å². The van der Waals surface area contributed by atoms with Gasteiger partial charge in [-0.25, -0.2) is 0 Å². The van der Waals surface area contributed by atoms with Crippen LogP contribution in [0.5, 0.6) is 5.75 Å². The van der Waals surface area contributed by atoms with E-state index in [0.29, 0.717) is 40.6 Å². The molecular formula is C26H22ClNO3. The van der Waals surface area contributed by atoms with Gasteiger partial charge < -0.3 is 9.15 Å². The molecule has 2 heterocycles. The number of ether oxygens (including phenoxy) is 1. The van der Waals surface area contributed by atoms with E-state index in [1.807, 2.05) is 25.1 Å². The molecule has 0 aliphatic carbocycles. The van der Waals surface area contributed by atoms with Gasteiger partial charge in [-0.3, -0.25) is 9.69 Å². The molecule has 0 saturated carbocycles. The van der Waals surface area contributed by atoms with Crippen LogP contribution < -0.4 is 10.2 Å². The maximum absolute atomic E-state index is 13.4. The molecule has 4 aromatic rings. The van der Waals surface area contributed by atoms with Gasteiger partial charge in [-0.2, -0.15) is 0 Å². The topological polar surface area (TPSA) is 42.7 Å². The molecule has 1 aromatic heterocycles. The van der Waals surface area contributed by atoms with Crippen molar-refractivity contribution in [3.05, 3.63) is 98.4 Å². The number of hydrogen-bond acceptors (Lipinski definition) is 4. The lowest BCUT2D eigenvalue weighted by Gasteiger charge is -2.29. The molecule has 0 amide bonds. The largest absolute Gasteiger partial charge is 0.478 e. The number of nitrogens with zero attached hydrogens (tertiary/aromatic N) is 1. The first kappa shape index (κ1) is 19.9. The average molecular weight is 432 g/mol. The van der Waals surface area contributed by atoms with Crippen LogP contribution in [0.15, 0.2) is 69.9 Å². The Balaban J connectivity index is 1.55. The fourth-order valence-electron chi connectivity index (χ4n) is 4.12. The summed E-state index contributed by atoms with van der Waals surface area (Å²) in [5.74, 6) is 1.36. The van der Waals surface area contributed by atoms with E-state index < -0.39 is 0 Å². The van der Waals surface area contributed by atoms with Gasteiger partial charge >= 0.3 is 0 Å². The summed E-state index contributed by atoms with van der Waals surface area (Å²) in [5.41, 5.74) is 5.30. The van der Waals surface area contributed by atoms with Crippen molar-refractivity contribution in [1.29, 1.82) is 0 Å². The van der Waals surface area contributed by atoms with Crippen molar-refractivity contribution in [2.45, 2.75) is 26.9 Å². The van der Waals surface area contributed by atoms with Crippen molar-refractivity contribution in [3.63, 3.8) is 0 Å². The van der Waals surface area contributed by atoms with Gasteiger partial charge in [-0.05, 0) is 49.2 Å². The Morgan fingerprint density at radius 2 is 1.71 bits per heavy atom. The van der Waals surface area contributed by atoms with Gasteiger partial charge in [0.25, 0.3) is 0 Å². The van der Waals surface area contributed by atoms with Gasteiger partial charge in [0.15, 0.2) is 0 Å². The Bertz CT molecular complexity index is 1320. The van der Waals surface area contributed by atoms with Crippen molar-refractivity contribution in [2.75, 3.05) is 6.73 Å². The molecule has 5 heteroatoms. The molecule has 31 heavy (non-hydrogen) atoms. The first-order valence-corrected chi connectivity index (χ1v) is 10.6. The SMILES string of the molecule is Cc1ccc(CN2COc3ccc4c(=O)c(-c5ccc(Cl)cc5)c(C)oc4c3C2)cc1. The summed E-state index contributed by atoms with van der Waals surface area (Å²) in [4.78, 5) is 15.6. The Kier molecular flexibility index (Phi) is 5.05. The minimum Gasteiger partial charge on any atom is -0.478 e. The van der Waals surface area contributed by atoms with Crippen LogP contribution in [0.2, 0.25) is 5.02 Å². The summed E-state index contributed by atoms with van der Waals surface area (Å²) < 4.78 is 12.2. The zero-order chi connectivity index (χ0) is 21.5. The second-order valence-electron chi connectivity index (χ2n) is 8.03. The van der Waals surface area contributed by atoms with Gasteiger partial charge in [0, 0.05) is 18.1 Å². The van der Waals surface area contributed by atoms with Crippen molar-refractivity contribution in [2.24, 2.45) is 0 Å². The van der Waals surface area contributed by atoms with E-state index in [1.165, 1.54) is 11.1 Å². The predicted molar refractivity (Wildman–Crippen MR) is 124 cm³/mol. The summed E-state index contributed by atoms with van der Waals surface area (Å²) in [7, 11) is 0. The number of hydrogen-bond donors (Lipinski definition) is 0. The van der Waals surface area contributed by atoms with Crippen molar-refractivity contribution >= 4 is 22.6 Å². The number of aryl methyl sites for hydroxylation is 2. The predicted octanol–water partition coefficient (Wildman–Crippen LogP) is 6.08. The van der Waals surface area contributed by atoms with Crippen molar-refractivity contribution in [3.8, 4) is 16.9 Å². The molecule has 0 atom stereocenters. The smallest absolute Gasteiger partial charge is 0.200 e. The molecule has 4 nitrogen and oxygen atoms in total. The van der Waals surface area contributed by atoms with E-state index in [-0.39, 0.29) is 5.43 Å². The number of halogens is 1. The molecule has 3 aromatic carbocycles. The lowest BCUT2D eigenvalue weighted by Crippen LogP contribution is -2.31. The van der Waals surface area contributed by atoms with Gasteiger partial charge in [0.1, 0.15) is 23.8 Å². The lowest BCUT2D eigenvalue weighted by molar-refractivity contribution is 0.0890. The zero-order valence-corrected chi connectivity index (χ0v) is 18.2. The molecule has 0 fully saturated rings. The molecule has 156 valence electrons. The zero-order valence-electron chi connectivity index (χ0n) is 17.4. The Labute approximate surface area is 185 Å². The molecule has 0 bridgehead atoms. The quantitative estimate of drug-likeness (QED) is 0.394. The lowest BCUT2D eigenvalue weighted by atomic mass is 10.0. The minimum atomic E-state index is -0.0421. The second-order valence-corrected chi connectivity index (χ2v) is 8.47. The maximum Gasteiger partial charge on any atom is 0.200 e.